The van der Waals surface area contributed by atoms with Gasteiger partial charge in [0, 0.05) is 18.5 Å². The third-order valence-corrected chi connectivity index (χ3v) is 6.41. The van der Waals surface area contributed by atoms with Gasteiger partial charge in [-0.25, -0.2) is 4.79 Å². The molecule has 5 nitrogen and oxygen atoms in total. The third-order valence-electron chi connectivity index (χ3n) is 6.41. The highest BCUT2D eigenvalue weighted by Gasteiger charge is 2.54. The minimum atomic E-state index is -0.446. The summed E-state index contributed by atoms with van der Waals surface area (Å²) < 4.78 is 5.17. The first kappa shape index (κ1) is 17.4. The van der Waals surface area contributed by atoms with E-state index in [4.69, 9.17) is 4.74 Å². The number of carbonyl (C=O) groups is 2. The van der Waals surface area contributed by atoms with Crippen LogP contribution in [0.5, 0.6) is 0 Å². The van der Waals surface area contributed by atoms with Gasteiger partial charge in [0.25, 0.3) is 0 Å². The maximum Gasteiger partial charge on any atom is 0.407 e. The fourth-order valence-electron chi connectivity index (χ4n) is 5.69. The lowest BCUT2D eigenvalue weighted by Crippen LogP contribution is -2.54. The van der Waals surface area contributed by atoms with Crippen LogP contribution in [-0.2, 0) is 16.1 Å². The minimum absolute atomic E-state index is 0.122. The Labute approximate surface area is 154 Å². The van der Waals surface area contributed by atoms with Gasteiger partial charge in [-0.05, 0) is 61.8 Å². The van der Waals surface area contributed by atoms with E-state index in [1.807, 2.05) is 30.3 Å². The number of nitrogens with one attached hydrogen (secondary N) is 2. The van der Waals surface area contributed by atoms with Crippen molar-refractivity contribution in [1.82, 2.24) is 10.6 Å². The molecule has 0 unspecified atom stereocenters. The van der Waals surface area contributed by atoms with Crippen molar-refractivity contribution < 1.29 is 14.3 Å². The smallest absolute Gasteiger partial charge is 0.407 e. The summed E-state index contributed by atoms with van der Waals surface area (Å²) in [6.07, 6.45) is 6.76. The van der Waals surface area contributed by atoms with E-state index in [1.54, 1.807) is 0 Å². The summed E-state index contributed by atoms with van der Waals surface area (Å²) >= 11 is 0. The predicted octanol–water partition coefficient (Wildman–Crippen LogP) is 3.25. The molecule has 4 bridgehead atoms. The number of alkyl carbamates (subject to hydrolysis) is 1. The highest BCUT2D eigenvalue weighted by Crippen LogP contribution is 2.60. The van der Waals surface area contributed by atoms with E-state index in [0.717, 1.165) is 42.6 Å². The predicted molar refractivity (Wildman–Crippen MR) is 98.2 cm³/mol. The summed E-state index contributed by atoms with van der Waals surface area (Å²) in [5.41, 5.74) is 0.834. The van der Waals surface area contributed by atoms with E-state index in [1.165, 1.54) is 19.3 Å². The van der Waals surface area contributed by atoms with Crippen LogP contribution in [0, 0.1) is 23.2 Å². The zero-order valence-corrected chi connectivity index (χ0v) is 15.2. The van der Waals surface area contributed by atoms with Gasteiger partial charge in [0.05, 0.1) is 0 Å². The molecular formula is C21H28N2O3. The van der Waals surface area contributed by atoms with Gasteiger partial charge in [-0.15, -0.1) is 0 Å². The first-order chi connectivity index (χ1) is 12.6. The van der Waals surface area contributed by atoms with Crippen LogP contribution in [0.4, 0.5) is 4.79 Å². The second-order valence-electron chi connectivity index (χ2n) is 8.44. The second kappa shape index (κ2) is 7.29. The quantitative estimate of drug-likeness (QED) is 0.769. The topological polar surface area (TPSA) is 67.4 Å². The number of hydrogen-bond acceptors (Lipinski definition) is 3. The van der Waals surface area contributed by atoms with Crippen molar-refractivity contribution in [2.24, 2.45) is 23.2 Å². The average Bonchev–Trinajstić information content (AvgIpc) is 2.63. The van der Waals surface area contributed by atoms with E-state index in [0.29, 0.717) is 13.1 Å². The van der Waals surface area contributed by atoms with Crippen molar-refractivity contribution in [1.29, 1.82) is 0 Å². The maximum atomic E-state index is 12.8. The van der Waals surface area contributed by atoms with Gasteiger partial charge < -0.3 is 15.4 Å². The Morgan fingerprint density at radius 1 is 0.923 bits per heavy atom. The number of rotatable bonds is 6. The molecular weight excluding hydrogens is 328 g/mol. The largest absolute Gasteiger partial charge is 0.445 e. The molecule has 1 aromatic carbocycles. The molecule has 0 saturated heterocycles. The molecule has 0 atom stereocenters. The summed E-state index contributed by atoms with van der Waals surface area (Å²) in [6, 6.07) is 9.58. The zero-order chi connectivity index (χ0) is 18.0. The van der Waals surface area contributed by atoms with Crippen molar-refractivity contribution in [3.8, 4) is 0 Å². The summed E-state index contributed by atoms with van der Waals surface area (Å²) in [4.78, 5) is 24.5. The van der Waals surface area contributed by atoms with E-state index < -0.39 is 6.09 Å². The lowest BCUT2D eigenvalue weighted by Gasteiger charge is -2.55. The molecule has 0 spiro atoms. The Morgan fingerprint density at radius 2 is 1.50 bits per heavy atom. The first-order valence-electron chi connectivity index (χ1n) is 9.86. The van der Waals surface area contributed by atoms with Crippen molar-refractivity contribution in [3.63, 3.8) is 0 Å². The average molecular weight is 356 g/mol. The van der Waals surface area contributed by atoms with Gasteiger partial charge in [-0.2, -0.15) is 0 Å². The number of benzene rings is 1. The minimum Gasteiger partial charge on any atom is -0.445 e. The summed E-state index contributed by atoms with van der Waals surface area (Å²) in [5.74, 6) is 2.49. The molecule has 4 fully saturated rings. The number of hydrogen-bond donors (Lipinski definition) is 2. The highest BCUT2D eigenvalue weighted by molar-refractivity contribution is 5.83. The van der Waals surface area contributed by atoms with Gasteiger partial charge in [0.1, 0.15) is 6.61 Å². The van der Waals surface area contributed by atoms with Crippen LogP contribution >= 0.6 is 0 Å². The van der Waals surface area contributed by atoms with E-state index in [9.17, 15) is 9.59 Å². The second-order valence-corrected chi connectivity index (χ2v) is 8.44. The Bertz CT molecular complexity index is 623. The lowest BCUT2D eigenvalue weighted by molar-refractivity contribution is -0.146. The molecule has 0 aromatic heterocycles. The van der Waals surface area contributed by atoms with Gasteiger partial charge in [0.15, 0.2) is 0 Å². The fraction of sp³-hybridized carbons (Fsp3) is 0.619. The van der Waals surface area contributed by atoms with Crippen molar-refractivity contribution >= 4 is 12.0 Å². The normalized spacial score (nSPS) is 31.5. The third kappa shape index (κ3) is 3.71. The van der Waals surface area contributed by atoms with Crippen LogP contribution in [0.25, 0.3) is 0 Å². The first-order valence-corrected chi connectivity index (χ1v) is 9.86. The molecule has 4 aliphatic carbocycles. The molecule has 2 amide bonds. The van der Waals surface area contributed by atoms with Crippen LogP contribution in [0.2, 0.25) is 0 Å². The molecule has 4 saturated carbocycles. The molecule has 5 rings (SSSR count). The molecule has 0 heterocycles. The fourth-order valence-corrected chi connectivity index (χ4v) is 5.69. The molecule has 0 radical (unpaired) electrons. The molecule has 26 heavy (non-hydrogen) atoms. The van der Waals surface area contributed by atoms with Crippen molar-refractivity contribution in [3.05, 3.63) is 35.9 Å². The molecule has 0 aliphatic heterocycles. The zero-order valence-electron chi connectivity index (χ0n) is 15.2. The van der Waals surface area contributed by atoms with Gasteiger partial charge in [0.2, 0.25) is 5.91 Å². The van der Waals surface area contributed by atoms with Crippen LogP contribution in [0.3, 0.4) is 0 Å². The van der Waals surface area contributed by atoms with Crippen LogP contribution < -0.4 is 10.6 Å². The van der Waals surface area contributed by atoms with Crippen LogP contribution in [0.1, 0.15) is 44.1 Å². The lowest BCUT2D eigenvalue weighted by atomic mass is 9.49. The Morgan fingerprint density at radius 3 is 2.12 bits per heavy atom. The van der Waals surface area contributed by atoms with Gasteiger partial charge in [-0.3, -0.25) is 4.79 Å². The molecule has 1 aromatic rings. The van der Waals surface area contributed by atoms with E-state index in [-0.39, 0.29) is 17.9 Å². The highest BCUT2D eigenvalue weighted by atomic mass is 16.5. The van der Waals surface area contributed by atoms with Gasteiger partial charge >= 0.3 is 6.09 Å². The Hall–Kier alpha value is -2.04. The molecule has 140 valence electrons. The Kier molecular flexibility index (Phi) is 4.88. The molecule has 5 heteroatoms. The number of carbonyl (C=O) groups excluding carboxylic acids is 2. The van der Waals surface area contributed by atoms with Crippen LogP contribution in [0.15, 0.2) is 30.3 Å². The summed E-state index contributed by atoms with van der Waals surface area (Å²) in [7, 11) is 0. The van der Waals surface area contributed by atoms with Gasteiger partial charge in [-0.1, -0.05) is 30.3 Å². The number of amides is 2. The SMILES string of the molecule is O=C(NCCNC(=O)C12CC3CC(CC(C3)C1)C2)OCc1ccccc1. The van der Waals surface area contributed by atoms with Crippen molar-refractivity contribution in [2.75, 3.05) is 13.1 Å². The van der Waals surface area contributed by atoms with Crippen LogP contribution in [-0.4, -0.2) is 25.1 Å². The summed E-state index contributed by atoms with van der Waals surface area (Å²) in [6.45, 7) is 1.11. The maximum absolute atomic E-state index is 12.8. The Balaban J connectivity index is 1.17. The molecule has 2 N–H and O–H groups in total. The number of ether oxygens (including phenoxy) is 1. The molecule has 4 aliphatic rings. The van der Waals surface area contributed by atoms with E-state index >= 15 is 0 Å². The summed E-state index contributed by atoms with van der Waals surface area (Å²) in [5, 5.41) is 5.77. The van der Waals surface area contributed by atoms with E-state index in [2.05, 4.69) is 10.6 Å². The standard InChI is InChI=1S/C21H28N2O3/c24-19(21-11-16-8-17(12-21)10-18(9-16)13-21)22-6-7-23-20(25)26-14-15-4-2-1-3-5-15/h1-5,16-18H,6-14H2,(H,22,24)(H,23,25). The van der Waals surface area contributed by atoms with Crippen molar-refractivity contribution in [2.45, 2.75) is 45.1 Å². The monoisotopic (exact) mass is 356 g/mol.